The Bertz CT molecular complexity index is 1210. The van der Waals surface area contributed by atoms with Gasteiger partial charge in [0.15, 0.2) is 11.5 Å². The van der Waals surface area contributed by atoms with Gasteiger partial charge in [-0.15, -0.1) is 11.3 Å². The van der Waals surface area contributed by atoms with E-state index in [2.05, 4.69) is 5.32 Å². The van der Waals surface area contributed by atoms with E-state index in [-0.39, 0.29) is 17.5 Å². The fourth-order valence-electron chi connectivity index (χ4n) is 3.88. The zero-order chi connectivity index (χ0) is 23.5. The zero-order valence-electron chi connectivity index (χ0n) is 19.1. The molecular weight excluding hydrogens is 436 g/mol. The van der Waals surface area contributed by atoms with Crippen LogP contribution >= 0.6 is 11.3 Å². The number of carbonyl (C=O) groups excluding carboxylic acids is 2. The van der Waals surface area contributed by atoms with Gasteiger partial charge in [0.1, 0.15) is 5.70 Å². The molecule has 4 rings (SSSR count). The van der Waals surface area contributed by atoms with Crippen molar-refractivity contribution in [1.29, 1.82) is 0 Å². The SMILES string of the molecule is CCOc1ccc(NC2=C(c3cccs3)C(=O)N(c3cc(C)cc(C)c3)C2=O)cc1OCC. The molecule has 2 aromatic carbocycles. The molecule has 7 heteroatoms. The number of ether oxygens (including phenoxy) is 2. The van der Waals surface area contributed by atoms with Crippen molar-refractivity contribution >= 4 is 40.1 Å². The number of thiophene rings is 1. The number of nitrogens with zero attached hydrogens (tertiary/aromatic N) is 1. The maximum Gasteiger partial charge on any atom is 0.282 e. The second-order valence-corrected chi connectivity index (χ2v) is 8.62. The van der Waals surface area contributed by atoms with Gasteiger partial charge in [-0.1, -0.05) is 12.1 Å². The lowest BCUT2D eigenvalue weighted by molar-refractivity contribution is -0.120. The molecule has 0 atom stereocenters. The van der Waals surface area contributed by atoms with Crippen molar-refractivity contribution in [2.45, 2.75) is 27.7 Å². The first-order chi connectivity index (χ1) is 15.9. The lowest BCUT2D eigenvalue weighted by Crippen LogP contribution is -2.32. The minimum Gasteiger partial charge on any atom is -0.490 e. The van der Waals surface area contributed by atoms with E-state index in [9.17, 15) is 9.59 Å². The van der Waals surface area contributed by atoms with Gasteiger partial charge in [-0.2, -0.15) is 0 Å². The number of amides is 2. The molecule has 6 nitrogen and oxygen atoms in total. The predicted molar refractivity (Wildman–Crippen MR) is 132 cm³/mol. The second-order valence-electron chi connectivity index (χ2n) is 7.67. The average molecular weight is 463 g/mol. The van der Waals surface area contributed by atoms with Crippen LogP contribution in [0.25, 0.3) is 5.57 Å². The van der Waals surface area contributed by atoms with Crippen molar-refractivity contribution in [3.8, 4) is 11.5 Å². The summed E-state index contributed by atoms with van der Waals surface area (Å²) < 4.78 is 11.4. The Morgan fingerprint density at radius 2 is 1.58 bits per heavy atom. The Kier molecular flexibility index (Phi) is 6.51. The van der Waals surface area contributed by atoms with Gasteiger partial charge < -0.3 is 14.8 Å². The lowest BCUT2D eigenvalue weighted by atomic mass is 10.1. The summed E-state index contributed by atoms with van der Waals surface area (Å²) in [5, 5.41) is 5.09. The molecule has 1 aromatic heterocycles. The summed E-state index contributed by atoms with van der Waals surface area (Å²) in [6.07, 6.45) is 0. The number of aryl methyl sites for hydroxylation is 2. The molecule has 0 radical (unpaired) electrons. The highest BCUT2D eigenvalue weighted by Crippen LogP contribution is 2.37. The van der Waals surface area contributed by atoms with Gasteiger partial charge in [0.25, 0.3) is 11.8 Å². The standard InChI is InChI=1S/C26H26N2O4S/c1-5-31-20-10-9-18(15-21(20)32-6-2)27-24-23(22-8-7-11-33-22)25(29)28(26(24)30)19-13-16(3)12-17(4)14-19/h7-15,27H,5-6H2,1-4H3. The Labute approximate surface area is 197 Å². The highest BCUT2D eigenvalue weighted by Gasteiger charge is 2.40. The lowest BCUT2D eigenvalue weighted by Gasteiger charge is -2.17. The number of rotatable bonds is 8. The maximum absolute atomic E-state index is 13.6. The molecule has 3 aromatic rings. The topological polar surface area (TPSA) is 67.9 Å². The van der Waals surface area contributed by atoms with E-state index >= 15 is 0 Å². The van der Waals surface area contributed by atoms with E-state index in [1.807, 2.05) is 69.5 Å². The van der Waals surface area contributed by atoms with Crippen LogP contribution < -0.4 is 19.7 Å². The monoisotopic (exact) mass is 462 g/mol. The third-order valence-electron chi connectivity index (χ3n) is 5.13. The fourth-order valence-corrected chi connectivity index (χ4v) is 4.65. The van der Waals surface area contributed by atoms with Crippen LogP contribution in [0, 0.1) is 13.8 Å². The quantitative estimate of drug-likeness (QED) is 0.444. The van der Waals surface area contributed by atoms with Crippen molar-refractivity contribution in [3.63, 3.8) is 0 Å². The number of carbonyl (C=O) groups is 2. The van der Waals surface area contributed by atoms with Crippen molar-refractivity contribution in [2.75, 3.05) is 23.4 Å². The molecule has 2 amide bonds. The van der Waals surface area contributed by atoms with Crippen LogP contribution in [0.2, 0.25) is 0 Å². The molecule has 0 aliphatic carbocycles. The number of nitrogens with one attached hydrogen (secondary N) is 1. The average Bonchev–Trinajstić information content (AvgIpc) is 3.36. The number of benzene rings is 2. The molecule has 33 heavy (non-hydrogen) atoms. The van der Waals surface area contributed by atoms with Gasteiger partial charge in [0.05, 0.1) is 24.5 Å². The van der Waals surface area contributed by atoms with Gasteiger partial charge in [-0.25, -0.2) is 4.90 Å². The highest BCUT2D eigenvalue weighted by atomic mass is 32.1. The van der Waals surface area contributed by atoms with Crippen LogP contribution in [0.5, 0.6) is 11.5 Å². The van der Waals surface area contributed by atoms with E-state index in [4.69, 9.17) is 9.47 Å². The molecule has 0 saturated carbocycles. The first-order valence-electron chi connectivity index (χ1n) is 10.8. The van der Waals surface area contributed by atoms with Crippen LogP contribution in [0.3, 0.4) is 0 Å². The van der Waals surface area contributed by atoms with E-state index in [0.29, 0.717) is 41.7 Å². The molecule has 1 aliphatic rings. The third-order valence-corrected chi connectivity index (χ3v) is 6.02. The molecule has 1 aliphatic heterocycles. The Morgan fingerprint density at radius 1 is 0.879 bits per heavy atom. The Hall–Kier alpha value is -3.58. The highest BCUT2D eigenvalue weighted by molar-refractivity contribution is 7.11. The van der Waals surface area contributed by atoms with Crippen molar-refractivity contribution < 1.29 is 19.1 Å². The van der Waals surface area contributed by atoms with Crippen LogP contribution in [-0.2, 0) is 9.59 Å². The molecule has 0 saturated heterocycles. The molecule has 1 N–H and O–H groups in total. The molecule has 0 unspecified atom stereocenters. The second kappa shape index (κ2) is 9.50. The molecule has 0 spiro atoms. The Morgan fingerprint density at radius 3 is 2.21 bits per heavy atom. The van der Waals surface area contributed by atoms with Gasteiger partial charge in [-0.3, -0.25) is 9.59 Å². The Balaban J connectivity index is 1.76. The number of hydrogen-bond donors (Lipinski definition) is 1. The van der Waals surface area contributed by atoms with Crippen LogP contribution in [0.4, 0.5) is 11.4 Å². The summed E-state index contributed by atoms with van der Waals surface area (Å²) in [6, 6.07) is 14.8. The zero-order valence-corrected chi connectivity index (χ0v) is 19.9. The molecule has 0 bridgehead atoms. The predicted octanol–water partition coefficient (Wildman–Crippen LogP) is 5.56. The van der Waals surface area contributed by atoms with Gasteiger partial charge >= 0.3 is 0 Å². The summed E-state index contributed by atoms with van der Waals surface area (Å²) in [6.45, 7) is 8.69. The number of anilines is 2. The molecular formula is C26H26N2O4S. The van der Waals surface area contributed by atoms with Gasteiger partial charge in [0, 0.05) is 16.6 Å². The number of hydrogen-bond acceptors (Lipinski definition) is 6. The van der Waals surface area contributed by atoms with Crippen molar-refractivity contribution in [2.24, 2.45) is 0 Å². The fraction of sp³-hybridized carbons (Fsp3) is 0.231. The van der Waals surface area contributed by atoms with E-state index in [1.54, 1.807) is 12.1 Å². The van der Waals surface area contributed by atoms with E-state index in [0.717, 1.165) is 16.0 Å². The minimum absolute atomic E-state index is 0.244. The van der Waals surface area contributed by atoms with Crippen molar-refractivity contribution in [1.82, 2.24) is 0 Å². The van der Waals surface area contributed by atoms with Crippen LogP contribution in [0.15, 0.2) is 59.6 Å². The van der Waals surface area contributed by atoms with Crippen molar-refractivity contribution in [3.05, 3.63) is 75.6 Å². The smallest absolute Gasteiger partial charge is 0.282 e. The summed E-state index contributed by atoms with van der Waals surface area (Å²) >= 11 is 1.42. The van der Waals surface area contributed by atoms with Gasteiger partial charge in [0.2, 0.25) is 0 Å². The van der Waals surface area contributed by atoms with E-state index < -0.39 is 0 Å². The number of imide groups is 1. The summed E-state index contributed by atoms with van der Waals surface area (Å²) in [5.41, 5.74) is 3.77. The maximum atomic E-state index is 13.6. The van der Waals surface area contributed by atoms with Gasteiger partial charge in [-0.05, 0) is 74.5 Å². The van der Waals surface area contributed by atoms with E-state index in [1.165, 1.54) is 16.2 Å². The summed E-state index contributed by atoms with van der Waals surface area (Å²) in [5.74, 6) is 0.472. The first kappa shape index (κ1) is 22.6. The third kappa shape index (κ3) is 4.50. The molecule has 170 valence electrons. The summed E-state index contributed by atoms with van der Waals surface area (Å²) in [7, 11) is 0. The van der Waals surface area contributed by atoms with Crippen LogP contribution in [-0.4, -0.2) is 25.0 Å². The molecule has 2 heterocycles. The van der Waals surface area contributed by atoms with Crippen LogP contribution in [0.1, 0.15) is 29.9 Å². The first-order valence-corrected chi connectivity index (χ1v) is 11.7. The summed E-state index contributed by atoms with van der Waals surface area (Å²) in [4.78, 5) is 29.1. The largest absolute Gasteiger partial charge is 0.490 e. The minimum atomic E-state index is -0.389. The molecule has 0 fully saturated rings. The normalized spacial score (nSPS) is 13.6.